The van der Waals surface area contributed by atoms with Crippen LogP contribution >= 0.6 is 0 Å². The summed E-state index contributed by atoms with van der Waals surface area (Å²) in [7, 11) is 0. The largest absolute Gasteiger partial charge is 0.464 e. The Hall–Kier alpha value is -2.67. The highest BCUT2D eigenvalue weighted by molar-refractivity contribution is 5.99. The van der Waals surface area contributed by atoms with Crippen LogP contribution in [0.5, 0.6) is 0 Å². The second-order valence-corrected chi connectivity index (χ2v) is 7.28. The first kappa shape index (κ1) is 24.4. The molecule has 0 radical (unpaired) electrons. The normalized spacial score (nSPS) is 12.7. The third kappa shape index (κ3) is 7.69. The molecule has 2 N–H and O–H groups in total. The Morgan fingerprint density at radius 3 is 2.41 bits per heavy atom. The molecular formula is C22H32N2O5. The zero-order valence-corrected chi connectivity index (χ0v) is 17.5. The molecule has 1 aromatic rings. The number of rotatable bonds is 11. The van der Waals surface area contributed by atoms with E-state index in [2.05, 4.69) is 6.58 Å². The molecule has 0 aromatic heterocycles. The number of urea groups is 1. The molecule has 1 aromatic carbocycles. The molecule has 0 saturated carbocycles. The second kappa shape index (κ2) is 12.7. The summed E-state index contributed by atoms with van der Waals surface area (Å²) in [5, 5.41) is 9.26. The Bertz CT molecular complexity index is 675. The number of allylic oxidation sites excluding steroid dienone is 1. The summed E-state index contributed by atoms with van der Waals surface area (Å²) in [6, 6.07) is 6.82. The molecule has 7 nitrogen and oxygen atoms in total. The average Bonchev–Trinajstić information content (AvgIpc) is 2.70. The van der Waals surface area contributed by atoms with Crippen LogP contribution in [0.15, 0.2) is 43.0 Å². The number of hydroxylamine groups is 1. The summed E-state index contributed by atoms with van der Waals surface area (Å²) in [6.45, 7) is 9.42. The maximum absolute atomic E-state index is 13.3. The number of hydrogen-bond donors (Lipinski definition) is 2. The maximum Gasteiger partial charge on any atom is 0.348 e. The van der Waals surface area contributed by atoms with E-state index in [4.69, 9.17) is 4.74 Å². The van der Waals surface area contributed by atoms with E-state index in [0.29, 0.717) is 19.3 Å². The molecule has 160 valence electrons. The fourth-order valence-corrected chi connectivity index (χ4v) is 3.23. The Morgan fingerprint density at radius 1 is 1.24 bits per heavy atom. The molecule has 0 aliphatic carbocycles. The fourth-order valence-electron chi connectivity index (χ4n) is 3.23. The molecule has 2 atom stereocenters. The van der Waals surface area contributed by atoms with Gasteiger partial charge < -0.3 is 4.74 Å². The van der Waals surface area contributed by atoms with Crippen molar-refractivity contribution in [2.45, 2.75) is 52.5 Å². The van der Waals surface area contributed by atoms with Crippen molar-refractivity contribution in [3.8, 4) is 0 Å². The first-order chi connectivity index (χ1) is 13.8. The van der Waals surface area contributed by atoms with Crippen LogP contribution in [0.3, 0.4) is 0 Å². The molecule has 0 spiro atoms. The van der Waals surface area contributed by atoms with E-state index in [-0.39, 0.29) is 18.9 Å². The quantitative estimate of drug-likeness (QED) is 0.254. The van der Waals surface area contributed by atoms with Gasteiger partial charge in [-0.1, -0.05) is 50.3 Å². The number of amides is 3. The van der Waals surface area contributed by atoms with Gasteiger partial charge >= 0.3 is 12.0 Å². The van der Waals surface area contributed by atoms with Gasteiger partial charge in [0.1, 0.15) is 6.04 Å². The Balaban J connectivity index is 3.30. The third-order valence-corrected chi connectivity index (χ3v) is 4.52. The van der Waals surface area contributed by atoms with Gasteiger partial charge in [0.25, 0.3) is 0 Å². The highest BCUT2D eigenvalue weighted by Gasteiger charge is 2.39. The van der Waals surface area contributed by atoms with Crippen molar-refractivity contribution in [1.82, 2.24) is 10.4 Å². The predicted molar refractivity (Wildman–Crippen MR) is 110 cm³/mol. The van der Waals surface area contributed by atoms with Crippen LogP contribution in [0.4, 0.5) is 4.79 Å². The Morgan fingerprint density at radius 2 is 1.90 bits per heavy atom. The number of carbonyl (C=O) groups is 3. The van der Waals surface area contributed by atoms with Gasteiger partial charge in [-0.15, -0.1) is 6.58 Å². The lowest BCUT2D eigenvalue weighted by Gasteiger charge is -2.31. The standard InChI is InChI=1S/C22H32N2O5/c1-5-7-13-18(14-16(3)4)20(25)24(22(27)23-28)19(21(26)29-6-2)15-17-11-9-8-10-12-17/h5,8-12,16,18-19,28H,1,6-7,13-15H2,2-4H3,(H,23,27)/t18?,19-/m0/s1. The topological polar surface area (TPSA) is 95.9 Å². The van der Waals surface area contributed by atoms with Crippen molar-refractivity contribution in [2.24, 2.45) is 11.8 Å². The number of esters is 1. The number of nitrogens with zero attached hydrogens (tertiary/aromatic N) is 1. The van der Waals surface area contributed by atoms with Gasteiger partial charge in [-0.2, -0.15) is 0 Å². The van der Waals surface area contributed by atoms with Crippen molar-refractivity contribution in [3.05, 3.63) is 48.6 Å². The van der Waals surface area contributed by atoms with Crippen LogP contribution in [-0.2, 0) is 20.7 Å². The smallest absolute Gasteiger partial charge is 0.348 e. The molecule has 0 aliphatic rings. The van der Waals surface area contributed by atoms with Crippen molar-refractivity contribution >= 4 is 17.9 Å². The zero-order valence-electron chi connectivity index (χ0n) is 17.5. The van der Waals surface area contributed by atoms with Gasteiger partial charge in [0.2, 0.25) is 5.91 Å². The lowest BCUT2D eigenvalue weighted by atomic mass is 9.90. The van der Waals surface area contributed by atoms with Crippen molar-refractivity contribution in [2.75, 3.05) is 6.61 Å². The highest BCUT2D eigenvalue weighted by atomic mass is 16.5. The lowest BCUT2D eigenvalue weighted by Crippen LogP contribution is -2.55. The molecule has 0 aliphatic heterocycles. The molecule has 0 heterocycles. The van der Waals surface area contributed by atoms with Crippen LogP contribution < -0.4 is 5.48 Å². The van der Waals surface area contributed by atoms with E-state index < -0.39 is 29.9 Å². The van der Waals surface area contributed by atoms with Crippen LogP contribution in [0.2, 0.25) is 0 Å². The zero-order chi connectivity index (χ0) is 21.8. The molecule has 0 saturated heterocycles. The minimum atomic E-state index is -1.18. The Labute approximate surface area is 172 Å². The summed E-state index contributed by atoms with van der Waals surface area (Å²) in [6.07, 6.45) is 3.44. The highest BCUT2D eigenvalue weighted by Crippen LogP contribution is 2.23. The number of imide groups is 1. The first-order valence-electron chi connectivity index (χ1n) is 9.94. The van der Waals surface area contributed by atoms with E-state index in [1.165, 1.54) is 5.48 Å². The third-order valence-electron chi connectivity index (χ3n) is 4.52. The Kier molecular flexibility index (Phi) is 10.7. The van der Waals surface area contributed by atoms with E-state index in [9.17, 15) is 19.6 Å². The van der Waals surface area contributed by atoms with E-state index in [1.54, 1.807) is 25.1 Å². The van der Waals surface area contributed by atoms with E-state index >= 15 is 0 Å². The van der Waals surface area contributed by atoms with Crippen LogP contribution in [0.25, 0.3) is 0 Å². The van der Waals surface area contributed by atoms with Crippen molar-refractivity contribution < 1.29 is 24.3 Å². The predicted octanol–water partition coefficient (Wildman–Crippen LogP) is 3.72. The van der Waals surface area contributed by atoms with E-state index in [0.717, 1.165) is 10.5 Å². The van der Waals surface area contributed by atoms with E-state index in [1.807, 2.05) is 32.0 Å². The molecule has 29 heavy (non-hydrogen) atoms. The first-order valence-corrected chi connectivity index (χ1v) is 9.94. The van der Waals surface area contributed by atoms with Crippen molar-refractivity contribution in [3.63, 3.8) is 0 Å². The number of benzene rings is 1. The molecular weight excluding hydrogens is 372 g/mol. The van der Waals surface area contributed by atoms with Gasteiger partial charge in [0.15, 0.2) is 0 Å². The van der Waals surface area contributed by atoms with Crippen molar-refractivity contribution in [1.29, 1.82) is 0 Å². The van der Waals surface area contributed by atoms with Gasteiger partial charge in [0.05, 0.1) is 6.61 Å². The summed E-state index contributed by atoms with van der Waals surface area (Å²) in [5.74, 6) is -1.48. The maximum atomic E-state index is 13.3. The lowest BCUT2D eigenvalue weighted by molar-refractivity contribution is -0.154. The van der Waals surface area contributed by atoms with Crippen LogP contribution in [-0.4, -0.2) is 40.7 Å². The summed E-state index contributed by atoms with van der Waals surface area (Å²) < 4.78 is 5.13. The fraction of sp³-hybridized carbons (Fsp3) is 0.500. The summed E-state index contributed by atoms with van der Waals surface area (Å²) in [4.78, 5) is 39.3. The molecule has 0 fully saturated rings. The number of carbonyl (C=O) groups excluding carboxylic acids is 3. The van der Waals surface area contributed by atoms with Gasteiger partial charge in [-0.25, -0.2) is 20.0 Å². The minimum absolute atomic E-state index is 0.0920. The number of nitrogens with one attached hydrogen (secondary N) is 1. The second-order valence-electron chi connectivity index (χ2n) is 7.28. The minimum Gasteiger partial charge on any atom is -0.464 e. The molecule has 3 amide bonds. The SMILES string of the molecule is C=CCCC(CC(C)C)C(=O)N(C(=O)NO)[C@@H](Cc1ccccc1)C(=O)OCC. The average molecular weight is 405 g/mol. The summed E-state index contributed by atoms with van der Waals surface area (Å²) in [5.41, 5.74) is 2.28. The number of ether oxygens (including phenoxy) is 1. The number of hydrogen-bond acceptors (Lipinski definition) is 5. The molecule has 0 bridgehead atoms. The van der Waals surface area contributed by atoms with Gasteiger partial charge in [-0.3, -0.25) is 10.0 Å². The van der Waals surface area contributed by atoms with Gasteiger partial charge in [-0.05, 0) is 37.7 Å². The van der Waals surface area contributed by atoms with Crippen LogP contribution in [0.1, 0.15) is 45.6 Å². The monoisotopic (exact) mass is 404 g/mol. The molecule has 1 unspecified atom stereocenters. The molecule has 7 heteroatoms. The molecule has 1 rings (SSSR count). The van der Waals surface area contributed by atoms with Crippen LogP contribution in [0, 0.1) is 11.8 Å². The van der Waals surface area contributed by atoms with Gasteiger partial charge in [0, 0.05) is 12.3 Å². The summed E-state index contributed by atoms with van der Waals surface area (Å²) >= 11 is 0.